The van der Waals surface area contributed by atoms with Crippen LogP contribution < -0.4 is 10.1 Å². The molecule has 1 aliphatic rings. The molecule has 5 nitrogen and oxygen atoms in total. The molecule has 0 spiro atoms. The lowest BCUT2D eigenvalue weighted by Crippen LogP contribution is -2.43. The number of amides is 1. The van der Waals surface area contributed by atoms with Gasteiger partial charge in [-0.2, -0.15) is 5.10 Å². The van der Waals surface area contributed by atoms with Crippen molar-refractivity contribution in [3.8, 4) is 5.75 Å². The molecule has 0 saturated heterocycles. The van der Waals surface area contributed by atoms with Crippen LogP contribution in [0.1, 0.15) is 23.9 Å². The van der Waals surface area contributed by atoms with Gasteiger partial charge in [0, 0.05) is 23.7 Å². The Morgan fingerprint density at radius 2 is 2.26 bits per heavy atom. The fourth-order valence-electron chi connectivity index (χ4n) is 2.86. The zero-order valence-electron chi connectivity index (χ0n) is 13.5. The summed E-state index contributed by atoms with van der Waals surface area (Å²) in [6.07, 6.45) is -0.208. The van der Waals surface area contributed by atoms with E-state index in [1.54, 1.807) is 6.07 Å². The van der Waals surface area contributed by atoms with Crippen molar-refractivity contribution < 1.29 is 13.9 Å². The van der Waals surface area contributed by atoms with Crippen molar-refractivity contribution in [2.75, 3.05) is 0 Å². The number of benzene rings is 1. The van der Waals surface area contributed by atoms with E-state index in [9.17, 15) is 9.18 Å². The summed E-state index contributed by atoms with van der Waals surface area (Å²) in [7, 11) is 0. The molecule has 0 fully saturated rings. The van der Waals surface area contributed by atoms with Crippen molar-refractivity contribution in [2.45, 2.75) is 45.9 Å². The van der Waals surface area contributed by atoms with Gasteiger partial charge in [0.2, 0.25) is 0 Å². The third-order valence-electron chi connectivity index (χ3n) is 3.93. The molecule has 2 atom stereocenters. The predicted octanol–water partition coefficient (Wildman–Crippen LogP) is 2.15. The molecule has 2 heterocycles. The van der Waals surface area contributed by atoms with Crippen LogP contribution in [0.15, 0.2) is 24.3 Å². The summed E-state index contributed by atoms with van der Waals surface area (Å²) in [5, 5.41) is 7.33. The lowest BCUT2D eigenvalue weighted by molar-refractivity contribution is -0.127. The minimum Gasteiger partial charge on any atom is -0.480 e. The van der Waals surface area contributed by atoms with Gasteiger partial charge >= 0.3 is 0 Å². The van der Waals surface area contributed by atoms with E-state index < -0.39 is 6.10 Å². The highest BCUT2D eigenvalue weighted by atomic mass is 19.1. The Bertz CT molecular complexity index is 741. The second kappa shape index (κ2) is 6.02. The van der Waals surface area contributed by atoms with E-state index in [2.05, 4.69) is 10.4 Å². The van der Waals surface area contributed by atoms with E-state index in [-0.39, 0.29) is 17.8 Å². The molecule has 2 unspecified atom stereocenters. The molecule has 1 N–H and O–H groups in total. The lowest BCUT2D eigenvalue weighted by atomic mass is 10.1. The van der Waals surface area contributed by atoms with Crippen molar-refractivity contribution in [3.63, 3.8) is 0 Å². The second-order valence-corrected chi connectivity index (χ2v) is 6.08. The number of nitrogens with one attached hydrogen (secondary N) is 1. The van der Waals surface area contributed by atoms with E-state index in [0.717, 1.165) is 17.0 Å². The van der Waals surface area contributed by atoms with Crippen LogP contribution >= 0.6 is 0 Å². The maximum Gasteiger partial charge on any atom is 0.261 e. The number of halogens is 1. The third-order valence-corrected chi connectivity index (χ3v) is 3.93. The number of hydrogen-bond donors (Lipinski definition) is 1. The molecule has 0 aliphatic carbocycles. The van der Waals surface area contributed by atoms with Crippen molar-refractivity contribution in [2.24, 2.45) is 0 Å². The van der Waals surface area contributed by atoms with Gasteiger partial charge < -0.3 is 10.1 Å². The number of carbonyl (C=O) groups is 1. The van der Waals surface area contributed by atoms with Gasteiger partial charge in [0.25, 0.3) is 5.91 Å². The molecule has 1 aromatic heterocycles. The highest BCUT2D eigenvalue weighted by Gasteiger charge is 2.30. The first-order valence-corrected chi connectivity index (χ1v) is 7.69. The van der Waals surface area contributed by atoms with E-state index in [4.69, 9.17) is 4.74 Å². The average Bonchev–Trinajstić information content (AvgIpc) is 3.01. The van der Waals surface area contributed by atoms with Gasteiger partial charge in [-0.05, 0) is 45.0 Å². The van der Waals surface area contributed by atoms with Crippen LogP contribution in [-0.2, 0) is 17.8 Å². The Labute approximate surface area is 134 Å². The smallest absolute Gasteiger partial charge is 0.261 e. The number of nitrogens with zero attached hydrogens (tertiary/aromatic N) is 2. The molecular formula is C17H20FN3O2. The average molecular weight is 317 g/mol. The summed E-state index contributed by atoms with van der Waals surface area (Å²) in [5.74, 6) is 0.0830. The monoisotopic (exact) mass is 317 g/mol. The van der Waals surface area contributed by atoms with E-state index in [1.165, 1.54) is 12.1 Å². The van der Waals surface area contributed by atoms with Crippen LogP contribution in [0, 0.1) is 19.7 Å². The Morgan fingerprint density at radius 1 is 1.48 bits per heavy atom. The van der Waals surface area contributed by atoms with Gasteiger partial charge in [0.05, 0.1) is 12.2 Å². The van der Waals surface area contributed by atoms with Gasteiger partial charge in [0.15, 0.2) is 6.10 Å². The van der Waals surface area contributed by atoms with E-state index in [1.807, 2.05) is 31.5 Å². The highest BCUT2D eigenvalue weighted by molar-refractivity contribution is 5.82. The van der Waals surface area contributed by atoms with Gasteiger partial charge in [-0.25, -0.2) is 4.39 Å². The number of ether oxygens (including phenoxy) is 1. The summed E-state index contributed by atoms with van der Waals surface area (Å²) in [5.41, 5.74) is 2.75. The number of aromatic nitrogens is 2. The normalized spacial score (nSPS) is 17.5. The van der Waals surface area contributed by atoms with E-state index in [0.29, 0.717) is 18.7 Å². The Morgan fingerprint density at radius 3 is 2.96 bits per heavy atom. The molecule has 23 heavy (non-hydrogen) atoms. The predicted molar refractivity (Wildman–Crippen MR) is 83.8 cm³/mol. The largest absolute Gasteiger partial charge is 0.480 e. The van der Waals surface area contributed by atoms with Crippen LogP contribution in [0.5, 0.6) is 5.75 Å². The molecule has 1 aliphatic heterocycles. The molecule has 122 valence electrons. The topological polar surface area (TPSA) is 56.2 Å². The van der Waals surface area contributed by atoms with E-state index >= 15 is 0 Å². The first-order valence-electron chi connectivity index (χ1n) is 7.69. The number of carbonyl (C=O) groups excluding carboxylic acids is 1. The maximum atomic E-state index is 13.2. The fraction of sp³-hybridized carbons (Fsp3) is 0.412. The first-order chi connectivity index (χ1) is 10.9. The van der Waals surface area contributed by atoms with Crippen LogP contribution in [0.25, 0.3) is 0 Å². The molecule has 1 amide bonds. The molecule has 1 aromatic carbocycles. The fourth-order valence-corrected chi connectivity index (χ4v) is 2.86. The lowest BCUT2D eigenvalue weighted by Gasteiger charge is -2.17. The number of aryl methyl sites for hydroxylation is 2. The van der Waals surface area contributed by atoms with Crippen LogP contribution in [0.4, 0.5) is 4.39 Å². The minimum atomic E-state index is -0.602. The first kappa shape index (κ1) is 15.5. The van der Waals surface area contributed by atoms with Crippen molar-refractivity contribution >= 4 is 5.91 Å². The summed E-state index contributed by atoms with van der Waals surface area (Å²) >= 11 is 0. The zero-order valence-corrected chi connectivity index (χ0v) is 13.5. The van der Waals surface area contributed by atoms with Crippen LogP contribution in [-0.4, -0.2) is 27.8 Å². The summed E-state index contributed by atoms with van der Waals surface area (Å²) < 4.78 is 20.7. The number of hydrogen-bond acceptors (Lipinski definition) is 3. The molecule has 2 aromatic rings. The van der Waals surface area contributed by atoms with Crippen molar-refractivity contribution in [1.29, 1.82) is 0 Å². The van der Waals surface area contributed by atoms with Crippen molar-refractivity contribution in [1.82, 2.24) is 15.1 Å². The maximum absolute atomic E-state index is 13.2. The quantitative estimate of drug-likeness (QED) is 0.940. The van der Waals surface area contributed by atoms with Crippen molar-refractivity contribution in [3.05, 3.63) is 47.0 Å². The zero-order chi connectivity index (χ0) is 16.6. The van der Waals surface area contributed by atoms with Crippen LogP contribution in [0.2, 0.25) is 0 Å². The third kappa shape index (κ3) is 3.36. The SMILES string of the molecule is Cc1cc(C)n(CC(C)NC(=O)C2Cc3cc(F)ccc3O2)n1. The highest BCUT2D eigenvalue weighted by Crippen LogP contribution is 2.29. The second-order valence-electron chi connectivity index (χ2n) is 6.08. The number of fused-ring (bicyclic) bond motifs is 1. The molecule has 0 saturated carbocycles. The molecular weight excluding hydrogens is 297 g/mol. The minimum absolute atomic E-state index is 0.0791. The number of rotatable bonds is 4. The Hall–Kier alpha value is -2.37. The van der Waals surface area contributed by atoms with Gasteiger partial charge in [-0.3, -0.25) is 9.48 Å². The molecule has 0 radical (unpaired) electrons. The summed E-state index contributed by atoms with van der Waals surface area (Å²) in [4.78, 5) is 12.3. The molecule has 3 rings (SSSR count). The standard InChI is InChI=1S/C17H20FN3O2/c1-10-6-12(3)21(20-10)9-11(2)19-17(22)16-8-13-7-14(18)4-5-15(13)23-16/h4-7,11,16H,8-9H2,1-3H3,(H,19,22). The molecule has 6 heteroatoms. The summed E-state index contributed by atoms with van der Waals surface area (Å²) in [6, 6.07) is 6.24. The molecule has 0 bridgehead atoms. The van der Waals surface area contributed by atoms with Gasteiger partial charge in [0.1, 0.15) is 11.6 Å². The van der Waals surface area contributed by atoms with Gasteiger partial charge in [-0.15, -0.1) is 0 Å². The van der Waals surface area contributed by atoms with Gasteiger partial charge in [-0.1, -0.05) is 0 Å². The Balaban J connectivity index is 1.58. The summed E-state index contributed by atoms with van der Waals surface area (Å²) in [6.45, 7) is 6.45. The van der Waals surface area contributed by atoms with Crippen LogP contribution in [0.3, 0.4) is 0 Å². The Kier molecular flexibility index (Phi) is 4.07.